The first-order valence-corrected chi connectivity index (χ1v) is 9.42. The molecule has 0 bridgehead atoms. The Labute approximate surface area is 169 Å². The second-order valence-corrected chi connectivity index (χ2v) is 7.65. The molecule has 1 saturated heterocycles. The Morgan fingerprint density at radius 3 is 2.93 bits per heavy atom. The van der Waals surface area contributed by atoms with Crippen LogP contribution < -0.4 is 0 Å². The average molecular weight is 444 g/mol. The van der Waals surface area contributed by atoms with Crippen LogP contribution in [0.3, 0.4) is 0 Å². The molecule has 2 heterocycles. The first kappa shape index (κ1) is 18.6. The van der Waals surface area contributed by atoms with E-state index in [1.807, 2.05) is 12.1 Å². The highest BCUT2D eigenvalue weighted by Gasteiger charge is 2.51. The van der Waals surface area contributed by atoms with Crippen LogP contribution in [0.4, 0.5) is 4.39 Å². The minimum absolute atomic E-state index is 0.0157. The van der Waals surface area contributed by atoms with Gasteiger partial charge in [-0.15, -0.1) is 0 Å². The van der Waals surface area contributed by atoms with E-state index in [0.717, 1.165) is 5.56 Å². The van der Waals surface area contributed by atoms with E-state index in [0.29, 0.717) is 23.0 Å². The molecule has 0 aromatic heterocycles. The number of halogens is 2. The molecule has 2 unspecified atom stereocenters. The first-order chi connectivity index (χ1) is 13.4. The van der Waals surface area contributed by atoms with Crippen LogP contribution in [-0.2, 0) is 10.3 Å². The number of nitrogens with zero attached hydrogens (tertiary/aromatic N) is 3. The van der Waals surface area contributed by atoms with Crippen LogP contribution in [0.5, 0.6) is 0 Å². The summed E-state index contributed by atoms with van der Waals surface area (Å²) in [7, 11) is 0. The predicted molar refractivity (Wildman–Crippen MR) is 102 cm³/mol. The van der Waals surface area contributed by atoms with Crippen LogP contribution in [0, 0.1) is 17.3 Å². The van der Waals surface area contributed by atoms with Crippen molar-refractivity contribution >= 4 is 27.7 Å². The summed E-state index contributed by atoms with van der Waals surface area (Å²) in [5, 5.41) is 19.8. The molecule has 2 aromatic carbocycles. The first-order valence-electron chi connectivity index (χ1n) is 8.63. The molecule has 1 N–H and O–H groups in total. The Kier molecular flexibility index (Phi) is 4.65. The molecule has 0 radical (unpaired) electrons. The molecule has 2 aromatic rings. The third-order valence-electron chi connectivity index (χ3n) is 5.15. The topological polar surface area (TPSA) is 85.9 Å². The zero-order chi connectivity index (χ0) is 19.9. The zero-order valence-corrected chi connectivity index (χ0v) is 16.2. The van der Waals surface area contributed by atoms with Crippen molar-refractivity contribution in [3.63, 3.8) is 0 Å². The maximum atomic E-state index is 14.3. The van der Waals surface area contributed by atoms with Crippen LogP contribution >= 0.6 is 15.9 Å². The molecular weight excluding hydrogens is 429 g/mol. The average Bonchev–Trinajstić information content (AvgIpc) is 3.21. The molecule has 8 heteroatoms. The van der Waals surface area contributed by atoms with Crippen LogP contribution in [0.1, 0.15) is 34.0 Å². The number of aliphatic hydroxyl groups is 1. The van der Waals surface area contributed by atoms with Crippen molar-refractivity contribution < 1.29 is 19.0 Å². The number of fused-ring (bicyclic) bond motifs is 2. The second kappa shape index (κ2) is 7.00. The fourth-order valence-corrected chi connectivity index (χ4v) is 4.18. The van der Waals surface area contributed by atoms with Gasteiger partial charge in [0.15, 0.2) is 11.4 Å². The Balaban J connectivity index is 1.66. The zero-order valence-electron chi connectivity index (χ0n) is 14.6. The maximum absolute atomic E-state index is 14.3. The highest BCUT2D eigenvalue weighted by Crippen LogP contribution is 2.44. The van der Waals surface area contributed by atoms with Gasteiger partial charge >= 0.3 is 5.97 Å². The van der Waals surface area contributed by atoms with Gasteiger partial charge in [-0.25, -0.2) is 9.18 Å². The van der Waals surface area contributed by atoms with E-state index >= 15 is 0 Å². The molecule has 6 nitrogen and oxygen atoms in total. The third kappa shape index (κ3) is 2.97. The summed E-state index contributed by atoms with van der Waals surface area (Å²) in [6, 6.07) is 11.4. The van der Waals surface area contributed by atoms with Crippen molar-refractivity contribution in [2.24, 2.45) is 4.99 Å². The fourth-order valence-electron chi connectivity index (χ4n) is 3.84. The highest BCUT2D eigenvalue weighted by molar-refractivity contribution is 9.10. The maximum Gasteiger partial charge on any atom is 0.339 e. The van der Waals surface area contributed by atoms with Gasteiger partial charge < -0.3 is 14.7 Å². The number of carbonyl (C=O) groups excluding carboxylic acids is 1. The molecule has 0 saturated carbocycles. The molecule has 2 aliphatic heterocycles. The standard InChI is InChI=1S/C20H15BrFN3O3/c21-12-5-6-14(16(22)9-12)17(26)18(24-11-23)25-8-7-20(10-25)15-4-2-1-3-13(15)19(27)28-20/h1-6,9,17,26H,7-8,10H2. The summed E-state index contributed by atoms with van der Waals surface area (Å²) >= 11 is 3.18. The van der Waals surface area contributed by atoms with Gasteiger partial charge in [0.2, 0.25) is 6.19 Å². The molecule has 142 valence electrons. The number of rotatable bonds is 2. The number of aliphatic hydroxyl groups excluding tert-OH is 1. The summed E-state index contributed by atoms with van der Waals surface area (Å²) < 4.78 is 20.5. The monoisotopic (exact) mass is 443 g/mol. The van der Waals surface area contributed by atoms with E-state index < -0.39 is 23.5 Å². The quantitative estimate of drug-likeness (QED) is 0.333. The minimum atomic E-state index is -1.42. The lowest BCUT2D eigenvalue weighted by Crippen LogP contribution is -2.37. The Morgan fingerprint density at radius 1 is 1.39 bits per heavy atom. The van der Waals surface area contributed by atoms with Gasteiger partial charge in [-0.05, 0) is 18.2 Å². The molecule has 0 amide bonds. The summed E-state index contributed by atoms with van der Waals surface area (Å²) in [6.07, 6.45) is 0.741. The minimum Gasteiger partial charge on any atom is -0.449 e. The van der Waals surface area contributed by atoms with E-state index in [4.69, 9.17) is 10.00 Å². The summed E-state index contributed by atoms with van der Waals surface area (Å²) in [4.78, 5) is 17.7. The Morgan fingerprint density at radius 2 is 2.18 bits per heavy atom. The third-order valence-corrected chi connectivity index (χ3v) is 5.64. The predicted octanol–water partition coefficient (Wildman–Crippen LogP) is 3.27. The number of benzene rings is 2. The number of ether oxygens (including phenoxy) is 1. The molecule has 1 spiro atoms. The fraction of sp³-hybridized carbons (Fsp3) is 0.250. The van der Waals surface area contributed by atoms with Gasteiger partial charge in [-0.3, -0.25) is 0 Å². The second-order valence-electron chi connectivity index (χ2n) is 6.74. The molecule has 1 fully saturated rings. The molecule has 28 heavy (non-hydrogen) atoms. The largest absolute Gasteiger partial charge is 0.449 e. The number of hydrogen-bond donors (Lipinski definition) is 1. The molecule has 2 atom stereocenters. The van der Waals surface area contributed by atoms with Gasteiger partial charge in [-0.1, -0.05) is 40.2 Å². The summed E-state index contributed by atoms with van der Waals surface area (Å²) in [5.41, 5.74) is 0.453. The van der Waals surface area contributed by atoms with Gasteiger partial charge in [0.05, 0.1) is 12.1 Å². The van der Waals surface area contributed by atoms with Crippen molar-refractivity contribution in [2.45, 2.75) is 18.1 Å². The van der Waals surface area contributed by atoms with Crippen molar-refractivity contribution in [2.75, 3.05) is 13.1 Å². The van der Waals surface area contributed by atoms with E-state index in [9.17, 15) is 14.3 Å². The molecular formula is C20H15BrFN3O3. The number of carbonyl (C=O) groups is 1. The summed E-state index contributed by atoms with van der Waals surface area (Å²) in [6.45, 7) is 0.628. The number of amidine groups is 1. The van der Waals surface area contributed by atoms with Gasteiger partial charge in [0.1, 0.15) is 11.9 Å². The van der Waals surface area contributed by atoms with Crippen LogP contribution in [0.2, 0.25) is 0 Å². The number of nitriles is 1. The van der Waals surface area contributed by atoms with Gasteiger partial charge in [-0.2, -0.15) is 10.3 Å². The number of esters is 1. The lowest BCUT2D eigenvalue weighted by molar-refractivity contribution is -0.00124. The van der Waals surface area contributed by atoms with Crippen molar-refractivity contribution in [1.82, 2.24) is 4.90 Å². The van der Waals surface area contributed by atoms with Crippen molar-refractivity contribution in [1.29, 1.82) is 5.26 Å². The molecule has 4 rings (SSSR count). The van der Waals surface area contributed by atoms with E-state index in [1.54, 1.807) is 29.3 Å². The lowest BCUT2D eigenvalue weighted by atomic mass is 9.91. The highest BCUT2D eigenvalue weighted by atomic mass is 79.9. The Bertz CT molecular complexity index is 1040. The number of aliphatic imine (C=N–C) groups is 1. The van der Waals surface area contributed by atoms with Crippen molar-refractivity contribution in [3.05, 3.63) is 69.4 Å². The van der Waals surface area contributed by atoms with Crippen LogP contribution in [-0.4, -0.2) is 34.9 Å². The SMILES string of the molecule is N#CN=C(C(O)c1ccc(Br)cc1F)N1CCC2(C1)OC(=O)c1ccccc12. The lowest BCUT2D eigenvalue weighted by Gasteiger charge is -2.27. The van der Waals surface area contributed by atoms with Gasteiger partial charge in [0, 0.05) is 28.6 Å². The Hall–Kier alpha value is -2.76. The van der Waals surface area contributed by atoms with E-state index in [1.165, 1.54) is 12.1 Å². The number of likely N-dealkylation sites (tertiary alicyclic amines) is 1. The smallest absolute Gasteiger partial charge is 0.339 e. The molecule has 0 aliphatic carbocycles. The van der Waals surface area contributed by atoms with Crippen LogP contribution in [0.25, 0.3) is 0 Å². The normalized spacial score (nSPS) is 22.1. The van der Waals surface area contributed by atoms with Gasteiger partial charge in [0.25, 0.3) is 0 Å². The number of hydrogen-bond acceptors (Lipinski definition) is 5. The van der Waals surface area contributed by atoms with Crippen molar-refractivity contribution in [3.8, 4) is 6.19 Å². The summed E-state index contributed by atoms with van der Waals surface area (Å²) in [5.74, 6) is -0.976. The molecule has 2 aliphatic rings. The van der Waals surface area contributed by atoms with Crippen LogP contribution in [0.15, 0.2) is 51.9 Å². The van der Waals surface area contributed by atoms with E-state index in [-0.39, 0.29) is 17.9 Å². The van der Waals surface area contributed by atoms with E-state index in [2.05, 4.69) is 20.9 Å².